The maximum absolute atomic E-state index is 11.4. The van der Waals surface area contributed by atoms with E-state index in [-0.39, 0.29) is 12.4 Å². The zero-order valence-corrected chi connectivity index (χ0v) is 10.4. The van der Waals surface area contributed by atoms with Gasteiger partial charge in [0.15, 0.2) is 0 Å². The molecule has 0 unspecified atom stereocenters. The molecule has 0 aromatic heterocycles. The molecular weight excluding hydrogens is 222 g/mol. The van der Waals surface area contributed by atoms with Gasteiger partial charge in [-0.3, -0.25) is 9.59 Å². The number of likely N-dealkylation sites (N-methyl/N-ethyl adjacent to an activating group) is 1. The van der Waals surface area contributed by atoms with E-state index >= 15 is 0 Å². The van der Waals surface area contributed by atoms with Gasteiger partial charge >= 0.3 is 11.9 Å². The molecule has 1 N–H and O–H groups in total. The van der Waals surface area contributed by atoms with Crippen molar-refractivity contribution in [3.63, 3.8) is 0 Å². The van der Waals surface area contributed by atoms with Crippen LogP contribution in [-0.4, -0.2) is 48.2 Å². The standard InChI is InChI=1S/C12H21NO4/c1-13-8-4-5-10(13)9-17-12(16)7-3-2-6-11(14)15/h10H,2-9H2,1H3,(H,14,15)/t10-/m0/s1. The Morgan fingerprint density at radius 2 is 2.06 bits per heavy atom. The lowest BCUT2D eigenvalue weighted by Gasteiger charge is -2.18. The van der Waals surface area contributed by atoms with Gasteiger partial charge in [-0.2, -0.15) is 0 Å². The molecular formula is C12H21NO4. The summed E-state index contributed by atoms with van der Waals surface area (Å²) in [6.45, 7) is 1.54. The van der Waals surface area contributed by atoms with E-state index in [0.717, 1.165) is 19.4 Å². The Hall–Kier alpha value is -1.10. The highest BCUT2D eigenvalue weighted by molar-refractivity contribution is 5.69. The number of carboxylic acid groups (broad SMARTS) is 1. The number of unbranched alkanes of at least 4 members (excludes halogenated alkanes) is 1. The van der Waals surface area contributed by atoms with Crippen LogP contribution < -0.4 is 0 Å². The molecule has 0 radical (unpaired) electrons. The molecule has 0 bridgehead atoms. The van der Waals surface area contributed by atoms with Crippen molar-refractivity contribution in [1.29, 1.82) is 0 Å². The van der Waals surface area contributed by atoms with Crippen LogP contribution in [0.15, 0.2) is 0 Å². The van der Waals surface area contributed by atoms with Gasteiger partial charge < -0.3 is 14.7 Å². The van der Waals surface area contributed by atoms with Crippen LogP contribution in [0.3, 0.4) is 0 Å². The quantitative estimate of drug-likeness (QED) is 0.538. The van der Waals surface area contributed by atoms with Crippen molar-refractivity contribution in [3.8, 4) is 0 Å². The molecule has 98 valence electrons. The van der Waals surface area contributed by atoms with Gasteiger partial charge in [0, 0.05) is 18.9 Å². The predicted octanol–water partition coefficient (Wildman–Crippen LogP) is 1.27. The van der Waals surface area contributed by atoms with Crippen LogP contribution in [0.2, 0.25) is 0 Å². The second-order valence-corrected chi connectivity index (χ2v) is 4.56. The van der Waals surface area contributed by atoms with Gasteiger partial charge in [0.25, 0.3) is 0 Å². The molecule has 1 atom stereocenters. The third-order valence-electron chi connectivity index (χ3n) is 3.13. The van der Waals surface area contributed by atoms with E-state index in [9.17, 15) is 9.59 Å². The lowest BCUT2D eigenvalue weighted by Crippen LogP contribution is -2.30. The van der Waals surface area contributed by atoms with Gasteiger partial charge in [0.1, 0.15) is 6.61 Å². The SMILES string of the molecule is CN1CCC[C@H]1COC(=O)CCCCC(=O)O. The van der Waals surface area contributed by atoms with E-state index in [0.29, 0.717) is 31.9 Å². The molecule has 0 spiro atoms. The summed E-state index contributed by atoms with van der Waals surface area (Å²) in [5.74, 6) is -1.03. The average Bonchev–Trinajstić information content (AvgIpc) is 2.67. The van der Waals surface area contributed by atoms with Crippen LogP contribution >= 0.6 is 0 Å². The fourth-order valence-corrected chi connectivity index (χ4v) is 2.00. The summed E-state index contributed by atoms with van der Waals surface area (Å²) in [6, 6.07) is 0.359. The average molecular weight is 243 g/mol. The van der Waals surface area contributed by atoms with Gasteiger partial charge in [-0.05, 0) is 39.3 Å². The summed E-state index contributed by atoms with van der Waals surface area (Å²) >= 11 is 0. The van der Waals surface area contributed by atoms with Crippen LogP contribution in [-0.2, 0) is 14.3 Å². The monoisotopic (exact) mass is 243 g/mol. The summed E-state index contributed by atoms with van der Waals surface area (Å²) < 4.78 is 5.18. The van der Waals surface area contributed by atoms with Crippen molar-refractivity contribution in [2.45, 2.75) is 44.6 Å². The topological polar surface area (TPSA) is 66.8 Å². The smallest absolute Gasteiger partial charge is 0.305 e. The number of carbonyl (C=O) groups is 2. The molecule has 5 nitrogen and oxygen atoms in total. The number of nitrogens with zero attached hydrogens (tertiary/aromatic N) is 1. The maximum atomic E-state index is 11.4. The van der Waals surface area contributed by atoms with Crippen LogP contribution in [0.25, 0.3) is 0 Å². The third kappa shape index (κ3) is 5.68. The van der Waals surface area contributed by atoms with Gasteiger partial charge in [-0.25, -0.2) is 0 Å². The highest BCUT2D eigenvalue weighted by Crippen LogP contribution is 2.15. The maximum Gasteiger partial charge on any atom is 0.305 e. The van der Waals surface area contributed by atoms with Crippen molar-refractivity contribution in [1.82, 2.24) is 4.90 Å². The van der Waals surface area contributed by atoms with E-state index in [1.807, 2.05) is 7.05 Å². The first-order chi connectivity index (χ1) is 8.09. The van der Waals surface area contributed by atoms with Crippen LogP contribution in [0.5, 0.6) is 0 Å². The first-order valence-electron chi connectivity index (χ1n) is 6.17. The zero-order valence-electron chi connectivity index (χ0n) is 10.4. The molecule has 17 heavy (non-hydrogen) atoms. The van der Waals surface area contributed by atoms with Gasteiger partial charge in [-0.1, -0.05) is 0 Å². The van der Waals surface area contributed by atoms with Gasteiger partial charge in [0.2, 0.25) is 0 Å². The fraction of sp³-hybridized carbons (Fsp3) is 0.833. The first kappa shape index (κ1) is 14.0. The summed E-state index contributed by atoms with van der Waals surface area (Å²) in [7, 11) is 2.04. The molecule has 5 heteroatoms. The normalized spacial score (nSPS) is 20.4. The summed E-state index contributed by atoms with van der Waals surface area (Å²) in [6.07, 6.45) is 3.82. The van der Waals surface area contributed by atoms with Crippen molar-refractivity contribution in [3.05, 3.63) is 0 Å². The Kier molecular flexibility index (Phi) is 5.97. The molecule has 1 aliphatic heterocycles. The minimum Gasteiger partial charge on any atom is -0.481 e. The number of hydrogen-bond acceptors (Lipinski definition) is 4. The number of ether oxygens (including phenoxy) is 1. The zero-order chi connectivity index (χ0) is 12.7. The Morgan fingerprint density at radius 3 is 2.65 bits per heavy atom. The Labute approximate surface area is 102 Å². The Morgan fingerprint density at radius 1 is 1.35 bits per heavy atom. The largest absolute Gasteiger partial charge is 0.481 e. The van der Waals surface area contributed by atoms with E-state index in [1.165, 1.54) is 0 Å². The van der Waals surface area contributed by atoms with Crippen molar-refractivity contribution in [2.75, 3.05) is 20.2 Å². The molecule has 0 aliphatic carbocycles. The van der Waals surface area contributed by atoms with Crippen molar-refractivity contribution >= 4 is 11.9 Å². The third-order valence-corrected chi connectivity index (χ3v) is 3.13. The number of carbonyl (C=O) groups excluding carboxylic acids is 1. The number of esters is 1. The molecule has 1 fully saturated rings. The number of likely N-dealkylation sites (tertiary alicyclic amines) is 1. The Bertz CT molecular complexity index is 267. The van der Waals surface area contributed by atoms with Crippen molar-refractivity contribution in [2.24, 2.45) is 0 Å². The molecule has 0 aromatic carbocycles. The van der Waals surface area contributed by atoms with E-state index in [1.54, 1.807) is 0 Å². The second kappa shape index (κ2) is 7.27. The fourth-order valence-electron chi connectivity index (χ4n) is 2.00. The number of carboxylic acids is 1. The summed E-state index contributed by atoms with van der Waals surface area (Å²) in [5.41, 5.74) is 0. The second-order valence-electron chi connectivity index (χ2n) is 4.56. The molecule has 1 rings (SSSR count). The molecule has 0 amide bonds. The van der Waals surface area contributed by atoms with Gasteiger partial charge in [-0.15, -0.1) is 0 Å². The van der Waals surface area contributed by atoms with Crippen molar-refractivity contribution < 1.29 is 19.4 Å². The minimum absolute atomic E-state index is 0.124. The Balaban J connectivity index is 2.03. The molecule has 0 saturated carbocycles. The molecule has 1 saturated heterocycles. The highest BCUT2D eigenvalue weighted by atomic mass is 16.5. The van der Waals surface area contributed by atoms with E-state index in [2.05, 4.69) is 4.90 Å². The molecule has 0 aromatic rings. The summed E-state index contributed by atoms with van der Waals surface area (Å²) in [4.78, 5) is 23.8. The molecule has 1 aliphatic rings. The number of rotatable bonds is 7. The predicted molar refractivity (Wildman–Crippen MR) is 62.7 cm³/mol. The lowest BCUT2D eigenvalue weighted by molar-refractivity contribution is -0.145. The molecule has 1 heterocycles. The van der Waals surface area contributed by atoms with E-state index < -0.39 is 5.97 Å². The van der Waals surface area contributed by atoms with Crippen LogP contribution in [0.1, 0.15) is 38.5 Å². The van der Waals surface area contributed by atoms with Gasteiger partial charge in [0.05, 0.1) is 0 Å². The minimum atomic E-state index is -0.814. The first-order valence-corrected chi connectivity index (χ1v) is 6.17. The van der Waals surface area contributed by atoms with Crippen LogP contribution in [0, 0.1) is 0 Å². The van der Waals surface area contributed by atoms with E-state index in [4.69, 9.17) is 9.84 Å². The summed E-state index contributed by atoms with van der Waals surface area (Å²) in [5, 5.41) is 8.43. The number of aliphatic carboxylic acids is 1. The number of hydrogen-bond donors (Lipinski definition) is 1. The van der Waals surface area contributed by atoms with Crippen LogP contribution in [0.4, 0.5) is 0 Å². The lowest BCUT2D eigenvalue weighted by atomic mass is 10.2. The highest BCUT2D eigenvalue weighted by Gasteiger charge is 2.21.